The zero-order chi connectivity index (χ0) is 17.7. The number of rotatable bonds is 19. The largest absolute Gasteiger partial charge is 0.309 e. The third-order valence-corrected chi connectivity index (χ3v) is 4.67. The molecule has 1 nitrogen and oxygen atoms in total. The fraction of sp³-hybridized carbons (Fsp3) is 0.826. The van der Waals surface area contributed by atoms with Crippen molar-refractivity contribution >= 4 is 0 Å². The second-order valence-electron chi connectivity index (χ2n) is 7.53. The molecular weight excluding hydrogens is 290 g/mol. The molecular formula is C23H45N. The van der Waals surface area contributed by atoms with Crippen molar-refractivity contribution in [3.63, 3.8) is 0 Å². The average Bonchev–Trinajstić information content (AvgIpc) is 2.56. The quantitative estimate of drug-likeness (QED) is 0.174. The van der Waals surface area contributed by atoms with Crippen molar-refractivity contribution in [3.05, 3.63) is 24.8 Å². The summed E-state index contributed by atoms with van der Waals surface area (Å²) in [5, 5.41) is 0. The van der Waals surface area contributed by atoms with Gasteiger partial charge in [-0.1, -0.05) is 76.0 Å². The molecule has 0 bridgehead atoms. The summed E-state index contributed by atoms with van der Waals surface area (Å²) in [5.74, 6) is 0. The molecule has 0 aromatic heterocycles. The van der Waals surface area contributed by atoms with E-state index in [9.17, 15) is 0 Å². The Morgan fingerprint density at radius 2 is 0.917 bits per heavy atom. The highest BCUT2D eigenvalue weighted by Crippen LogP contribution is 2.11. The van der Waals surface area contributed by atoms with Crippen molar-refractivity contribution in [3.8, 4) is 0 Å². The molecule has 0 saturated carbocycles. The predicted molar refractivity (Wildman–Crippen MR) is 112 cm³/mol. The lowest BCUT2D eigenvalue weighted by atomic mass is 10.1. The van der Waals surface area contributed by atoms with Crippen LogP contribution in [0.25, 0.3) is 0 Å². The lowest BCUT2D eigenvalue weighted by Crippen LogP contribution is -2.12. The Labute approximate surface area is 153 Å². The van der Waals surface area contributed by atoms with E-state index in [1.807, 2.05) is 6.08 Å². The van der Waals surface area contributed by atoms with Crippen molar-refractivity contribution in [1.29, 1.82) is 0 Å². The standard InChI is InChI=1S/C23H45N/c1-4-5-6-7-8-9-10-11-12-13-14-15-16-17-18-19-20-21-22-23-24(2)3/h4,14-15H,1,5-13,16-23H2,2-3H3/b15-14-. The third kappa shape index (κ3) is 21.4. The molecule has 0 aliphatic carbocycles. The van der Waals surface area contributed by atoms with E-state index in [4.69, 9.17) is 0 Å². The van der Waals surface area contributed by atoms with Gasteiger partial charge in [0.2, 0.25) is 0 Å². The first-order chi connectivity index (χ1) is 11.8. The first kappa shape index (κ1) is 23.4. The Hall–Kier alpha value is -0.560. The number of allylic oxidation sites excluding steroid dienone is 3. The monoisotopic (exact) mass is 335 g/mol. The Bertz CT molecular complexity index is 267. The summed E-state index contributed by atoms with van der Waals surface area (Å²) in [5.41, 5.74) is 0. The lowest BCUT2D eigenvalue weighted by molar-refractivity contribution is 0.389. The summed E-state index contributed by atoms with van der Waals surface area (Å²) in [6, 6.07) is 0. The van der Waals surface area contributed by atoms with E-state index in [2.05, 4.69) is 37.7 Å². The van der Waals surface area contributed by atoms with E-state index in [1.165, 1.54) is 109 Å². The second-order valence-corrected chi connectivity index (χ2v) is 7.53. The summed E-state index contributed by atoms with van der Waals surface area (Å²) < 4.78 is 0. The van der Waals surface area contributed by atoms with Gasteiger partial charge in [0.1, 0.15) is 0 Å². The van der Waals surface area contributed by atoms with Gasteiger partial charge < -0.3 is 4.90 Å². The van der Waals surface area contributed by atoms with Gasteiger partial charge in [-0.3, -0.25) is 0 Å². The van der Waals surface area contributed by atoms with Crippen LogP contribution in [-0.2, 0) is 0 Å². The number of hydrogen-bond donors (Lipinski definition) is 0. The summed E-state index contributed by atoms with van der Waals surface area (Å²) in [4.78, 5) is 2.29. The van der Waals surface area contributed by atoms with Crippen molar-refractivity contribution < 1.29 is 0 Å². The highest BCUT2D eigenvalue weighted by atomic mass is 15.0. The molecule has 0 fully saturated rings. The zero-order valence-corrected chi connectivity index (χ0v) is 16.9. The van der Waals surface area contributed by atoms with E-state index in [1.54, 1.807) is 0 Å². The molecule has 0 heterocycles. The molecule has 0 spiro atoms. The molecule has 0 N–H and O–H groups in total. The van der Waals surface area contributed by atoms with Gasteiger partial charge in [0.15, 0.2) is 0 Å². The molecule has 0 unspecified atom stereocenters. The summed E-state index contributed by atoms with van der Waals surface area (Å²) in [6.45, 7) is 5.02. The van der Waals surface area contributed by atoms with Gasteiger partial charge in [-0.05, 0) is 65.6 Å². The van der Waals surface area contributed by atoms with E-state index < -0.39 is 0 Å². The molecule has 0 aliphatic heterocycles. The van der Waals surface area contributed by atoms with Gasteiger partial charge in [0, 0.05) is 0 Å². The van der Waals surface area contributed by atoms with Crippen LogP contribution in [0.3, 0.4) is 0 Å². The molecule has 0 radical (unpaired) electrons. The number of nitrogens with zero attached hydrogens (tertiary/aromatic N) is 1. The molecule has 142 valence electrons. The summed E-state index contributed by atoms with van der Waals surface area (Å²) in [7, 11) is 4.33. The van der Waals surface area contributed by atoms with Crippen LogP contribution in [0.2, 0.25) is 0 Å². The van der Waals surface area contributed by atoms with Crippen molar-refractivity contribution in [2.75, 3.05) is 20.6 Å². The van der Waals surface area contributed by atoms with Gasteiger partial charge in [-0.2, -0.15) is 0 Å². The van der Waals surface area contributed by atoms with Crippen LogP contribution in [0.5, 0.6) is 0 Å². The van der Waals surface area contributed by atoms with E-state index in [0.29, 0.717) is 0 Å². The van der Waals surface area contributed by atoms with E-state index in [-0.39, 0.29) is 0 Å². The van der Waals surface area contributed by atoms with Crippen LogP contribution in [0.15, 0.2) is 24.8 Å². The normalized spacial score (nSPS) is 11.6. The van der Waals surface area contributed by atoms with Crippen molar-refractivity contribution in [2.45, 2.75) is 103 Å². The lowest BCUT2D eigenvalue weighted by Gasteiger charge is -2.08. The SMILES string of the molecule is C=CCCCCCCCCC/C=C\CCCCCCCCN(C)C. The zero-order valence-electron chi connectivity index (χ0n) is 16.9. The van der Waals surface area contributed by atoms with Crippen LogP contribution in [0.1, 0.15) is 103 Å². The predicted octanol–water partition coefficient (Wildman–Crippen LogP) is 7.53. The smallest absolute Gasteiger partial charge is 0.00248 e. The van der Waals surface area contributed by atoms with Crippen LogP contribution in [0, 0.1) is 0 Å². The molecule has 0 aromatic carbocycles. The maximum atomic E-state index is 3.77. The summed E-state index contributed by atoms with van der Waals surface area (Å²) >= 11 is 0. The Balaban J connectivity index is 3.07. The van der Waals surface area contributed by atoms with Gasteiger partial charge in [-0.15, -0.1) is 6.58 Å². The Kier molecular flexibility index (Phi) is 20.0. The van der Waals surface area contributed by atoms with Crippen LogP contribution in [0.4, 0.5) is 0 Å². The molecule has 0 atom stereocenters. The minimum Gasteiger partial charge on any atom is -0.309 e. The van der Waals surface area contributed by atoms with Gasteiger partial charge in [0.05, 0.1) is 0 Å². The van der Waals surface area contributed by atoms with Crippen LogP contribution < -0.4 is 0 Å². The fourth-order valence-electron chi connectivity index (χ4n) is 3.07. The third-order valence-electron chi connectivity index (χ3n) is 4.67. The van der Waals surface area contributed by atoms with E-state index in [0.717, 1.165) is 0 Å². The van der Waals surface area contributed by atoms with Gasteiger partial charge >= 0.3 is 0 Å². The summed E-state index contributed by atoms with van der Waals surface area (Å²) in [6.07, 6.45) is 28.9. The Morgan fingerprint density at radius 3 is 1.33 bits per heavy atom. The second kappa shape index (κ2) is 20.5. The molecule has 0 aliphatic rings. The molecule has 24 heavy (non-hydrogen) atoms. The highest BCUT2D eigenvalue weighted by Gasteiger charge is 1.93. The molecule has 0 saturated heterocycles. The highest BCUT2D eigenvalue weighted by molar-refractivity contribution is 4.81. The topological polar surface area (TPSA) is 3.24 Å². The van der Waals surface area contributed by atoms with Crippen LogP contribution in [-0.4, -0.2) is 25.5 Å². The first-order valence-corrected chi connectivity index (χ1v) is 10.7. The maximum absolute atomic E-state index is 3.77. The van der Waals surface area contributed by atoms with Gasteiger partial charge in [0.25, 0.3) is 0 Å². The van der Waals surface area contributed by atoms with E-state index >= 15 is 0 Å². The molecule has 1 heteroatoms. The Morgan fingerprint density at radius 1 is 0.542 bits per heavy atom. The molecule has 0 rings (SSSR count). The van der Waals surface area contributed by atoms with Crippen molar-refractivity contribution in [1.82, 2.24) is 4.90 Å². The van der Waals surface area contributed by atoms with Crippen LogP contribution >= 0.6 is 0 Å². The first-order valence-electron chi connectivity index (χ1n) is 10.7. The average molecular weight is 336 g/mol. The number of unbranched alkanes of at least 4 members (excludes halogenated alkanes) is 14. The van der Waals surface area contributed by atoms with Gasteiger partial charge in [-0.25, -0.2) is 0 Å². The maximum Gasteiger partial charge on any atom is -0.00248 e. The molecule has 0 aromatic rings. The minimum absolute atomic E-state index is 1.20. The fourth-order valence-corrected chi connectivity index (χ4v) is 3.07. The molecule has 0 amide bonds. The van der Waals surface area contributed by atoms with Crippen molar-refractivity contribution in [2.24, 2.45) is 0 Å². The minimum atomic E-state index is 1.20. The number of hydrogen-bond acceptors (Lipinski definition) is 1.